The first-order valence-corrected chi connectivity index (χ1v) is 7.20. The van der Waals surface area contributed by atoms with Gasteiger partial charge in [0.1, 0.15) is 0 Å². The standard InChI is InChI=1S/C16H18N2O4/c1-9-10(2)17-14-11(9)4-3-5-12(14)15(19)18-6-7-22-13(8-18)16(20)21/h3-5,13,17H,6-8H2,1-2H3,(H,20,21). The Morgan fingerprint density at radius 3 is 2.86 bits per heavy atom. The SMILES string of the molecule is Cc1[nH]c2c(C(=O)N3CCOC(C(=O)O)C3)cccc2c1C. The molecule has 1 unspecified atom stereocenters. The number of aliphatic carboxylic acids is 1. The Bertz CT molecular complexity index is 750. The van der Waals surface area contributed by atoms with Crippen molar-refractivity contribution in [1.82, 2.24) is 9.88 Å². The van der Waals surface area contributed by atoms with Gasteiger partial charge in [-0.05, 0) is 25.5 Å². The van der Waals surface area contributed by atoms with Crippen LogP contribution in [0.15, 0.2) is 18.2 Å². The number of hydrogen-bond donors (Lipinski definition) is 2. The van der Waals surface area contributed by atoms with Crippen LogP contribution in [0, 0.1) is 13.8 Å². The highest BCUT2D eigenvalue weighted by Crippen LogP contribution is 2.25. The fraction of sp³-hybridized carbons (Fsp3) is 0.375. The van der Waals surface area contributed by atoms with Crippen molar-refractivity contribution in [2.24, 2.45) is 0 Å². The van der Waals surface area contributed by atoms with E-state index in [0.29, 0.717) is 12.1 Å². The van der Waals surface area contributed by atoms with Crippen LogP contribution in [0.3, 0.4) is 0 Å². The molecule has 0 bridgehead atoms. The Labute approximate surface area is 127 Å². The Kier molecular flexibility index (Phi) is 3.62. The average molecular weight is 302 g/mol. The first-order chi connectivity index (χ1) is 10.5. The number of aromatic amines is 1. The number of nitrogens with one attached hydrogen (secondary N) is 1. The quantitative estimate of drug-likeness (QED) is 0.884. The largest absolute Gasteiger partial charge is 0.479 e. The van der Waals surface area contributed by atoms with Crippen molar-refractivity contribution in [2.45, 2.75) is 20.0 Å². The average Bonchev–Trinajstić information content (AvgIpc) is 2.82. The van der Waals surface area contributed by atoms with Crippen molar-refractivity contribution in [2.75, 3.05) is 19.7 Å². The number of fused-ring (bicyclic) bond motifs is 1. The summed E-state index contributed by atoms with van der Waals surface area (Å²) in [5.74, 6) is -1.20. The van der Waals surface area contributed by atoms with Gasteiger partial charge in [-0.15, -0.1) is 0 Å². The number of aromatic nitrogens is 1. The predicted octanol–water partition coefficient (Wildman–Crippen LogP) is 1.71. The number of aryl methyl sites for hydroxylation is 2. The third-order valence-corrected chi connectivity index (χ3v) is 4.20. The van der Waals surface area contributed by atoms with Gasteiger partial charge in [0.15, 0.2) is 6.10 Å². The molecule has 1 fully saturated rings. The minimum Gasteiger partial charge on any atom is -0.479 e. The van der Waals surface area contributed by atoms with Gasteiger partial charge < -0.3 is 19.7 Å². The molecular formula is C16H18N2O4. The molecule has 116 valence electrons. The number of carbonyl (C=O) groups excluding carboxylic acids is 1. The van der Waals surface area contributed by atoms with E-state index >= 15 is 0 Å². The molecule has 1 aromatic heterocycles. The van der Waals surface area contributed by atoms with Gasteiger partial charge in [-0.3, -0.25) is 4.79 Å². The third kappa shape index (κ3) is 2.35. The molecule has 1 atom stereocenters. The highest BCUT2D eigenvalue weighted by atomic mass is 16.5. The van der Waals surface area contributed by atoms with Gasteiger partial charge in [0, 0.05) is 17.6 Å². The Morgan fingerprint density at radius 2 is 2.14 bits per heavy atom. The van der Waals surface area contributed by atoms with E-state index in [1.807, 2.05) is 26.0 Å². The van der Waals surface area contributed by atoms with Crippen LogP contribution in [0.4, 0.5) is 0 Å². The molecule has 1 saturated heterocycles. The van der Waals surface area contributed by atoms with E-state index in [2.05, 4.69) is 4.98 Å². The molecule has 1 aliphatic rings. The van der Waals surface area contributed by atoms with Crippen LogP contribution in [0.5, 0.6) is 0 Å². The molecule has 6 nitrogen and oxygen atoms in total. The second-order valence-corrected chi connectivity index (χ2v) is 5.55. The van der Waals surface area contributed by atoms with Gasteiger partial charge in [0.25, 0.3) is 5.91 Å². The maximum Gasteiger partial charge on any atom is 0.334 e. The van der Waals surface area contributed by atoms with Crippen molar-refractivity contribution in [3.63, 3.8) is 0 Å². The molecule has 1 amide bonds. The number of para-hydroxylation sites is 1. The second kappa shape index (κ2) is 5.46. The van der Waals surface area contributed by atoms with Gasteiger partial charge in [-0.1, -0.05) is 12.1 Å². The Balaban J connectivity index is 1.95. The van der Waals surface area contributed by atoms with Crippen molar-refractivity contribution >= 4 is 22.8 Å². The molecule has 0 spiro atoms. The smallest absolute Gasteiger partial charge is 0.334 e. The zero-order chi connectivity index (χ0) is 15.9. The highest BCUT2D eigenvalue weighted by Gasteiger charge is 2.30. The summed E-state index contributed by atoms with van der Waals surface area (Å²) >= 11 is 0. The molecule has 0 saturated carbocycles. The van der Waals surface area contributed by atoms with Crippen LogP contribution in [-0.4, -0.2) is 52.7 Å². The summed E-state index contributed by atoms with van der Waals surface area (Å²) in [6.45, 7) is 4.69. The number of ether oxygens (including phenoxy) is 1. The van der Waals surface area contributed by atoms with E-state index in [1.165, 1.54) is 0 Å². The van der Waals surface area contributed by atoms with Crippen LogP contribution in [0.1, 0.15) is 21.6 Å². The van der Waals surface area contributed by atoms with Gasteiger partial charge in [0.05, 0.1) is 24.2 Å². The van der Waals surface area contributed by atoms with Crippen LogP contribution in [-0.2, 0) is 9.53 Å². The van der Waals surface area contributed by atoms with E-state index in [1.54, 1.807) is 11.0 Å². The second-order valence-electron chi connectivity index (χ2n) is 5.55. The van der Waals surface area contributed by atoms with Crippen LogP contribution in [0.25, 0.3) is 10.9 Å². The Hall–Kier alpha value is -2.34. The van der Waals surface area contributed by atoms with Crippen molar-refractivity contribution in [3.05, 3.63) is 35.0 Å². The van der Waals surface area contributed by atoms with E-state index in [4.69, 9.17) is 9.84 Å². The minimum absolute atomic E-state index is 0.0726. The van der Waals surface area contributed by atoms with Crippen molar-refractivity contribution < 1.29 is 19.4 Å². The van der Waals surface area contributed by atoms with E-state index < -0.39 is 12.1 Å². The number of H-pyrrole nitrogens is 1. The molecule has 0 aliphatic carbocycles. The van der Waals surface area contributed by atoms with E-state index in [9.17, 15) is 9.59 Å². The number of carboxylic acid groups (broad SMARTS) is 1. The Morgan fingerprint density at radius 1 is 1.36 bits per heavy atom. The van der Waals surface area contributed by atoms with Gasteiger partial charge >= 0.3 is 5.97 Å². The predicted molar refractivity (Wildman–Crippen MR) is 81.1 cm³/mol. The zero-order valence-corrected chi connectivity index (χ0v) is 12.5. The normalized spacial score (nSPS) is 18.6. The van der Waals surface area contributed by atoms with Crippen LogP contribution >= 0.6 is 0 Å². The number of benzene rings is 1. The number of carboxylic acids is 1. The summed E-state index contributed by atoms with van der Waals surface area (Å²) in [7, 11) is 0. The first kappa shape index (κ1) is 14.6. The minimum atomic E-state index is -1.04. The summed E-state index contributed by atoms with van der Waals surface area (Å²) in [6, 6.07) is 5.60. The summed E-state index contributed by atoms with van der Waals surface area (Å²) in [4.78, 5) is 28.6. The van der Waals surface area contributed by atoms with E-state index in [-0.39, 0.29) is 19.1 Å². The summed E-state index contributed by atoms with van der Waals surface area (Å²) < 4.78 is 5.17. The van der Waals surface area contributed by atoms with Gasteiger partial charge in [-0.2, -0.15) is 0 Å². The topological polar surface area (TPSA) is 82.6 Å². The molecule has 22 heavy (non-hydrogen) atoms. The summed E-state index contributed by atoms with van der Waals surface area (Å²) in [5.41, 5.74) is 3.52. The fourth-order valence-electron chi connectivity index (χ4n) is 2.81. The molecule has 0 radical (unpaired) electrons. The molecule has 2 aromatic rings. The van der Waals surface area contributed by atoms with Crippen molar-refractivity contribution in [3.8, 4) is 0 Å². The first-order valence-electron chi connectivity index (χ1n) is 7.20. The zero-order valence-electron chi connectivity index (χ0n) is 12.5. The summed E-state index contributed by atoms with van der Waals surface area (Å²) in [6.07, 6.45) is -0.955. The molecule has 6 heteroatoms. The lowest BCUT2D eigenvalue weighted by atomic mass is 10.1. The lowest BCUT2D eigenvalue weighted by Crippen LogP contribution is -2.48. The third-order valence-electron chi connectivity index (χ3n) is 4.20. The number of carbonyl (C=O) groups is 2. The number of nitrogens with zero attached hydrogens (tertiary/aromatic N) is 1. The number of morpholine rings is 1. The van der Waals surface area contributed by atoms with E-state index in [0.717, 1.165) is 22.2 Å². The number of rotatable bonds is 2. The number of hydrogen-bond acceptors (Lipinski definition) is 3. The van der Waals surface area contributed by atoms with Gasteiger partial charge in [0.2, 0.25) is 0 Å². The molecule has 3 rings (SSSR count). The van der Waals surface area contributed by atoms with Crippen molar-refractivity contribution in [1.29, 1.82) is 0 Å². The van der Waals surface area contributed by atoms with Gasteiger partial charge in [-0.25, -0.2) is 4.79 Å². The lowest BCUT2D eigenvalue weighted by molar-refractivity contribution is -0.154. The molecule has 2 N–H and O–H groups in total. The maximum absolute atomic E-state index is 12.8. The molecule has 1 aromatic carbocycles. The monoisotopic (exact) mass is 302 g/mol. The summed E-state index contributed by atoms with van der Waals surface area (Å²) in [5, 5.41) is 10.1. The highest BCUT2D eigenvalue weighted by molar-refractivity contribution is 6.06. The fourth-order valence-corrected chi connectivity index (χ4v) is 2.81. The van der Waals surface area contributed by atoms with Crippen LogP contribution in [0.2, 0.25) is 0 Å². The molecular weight excluding hydrogens is 284 g/mol. The molecule has 2 heterocycles. The maximum atomic E-state index is 12.8. The lowest BCUT2D eigenvalue weighted by Gasteiger charge is -2.31. The molecule has 1 aliphatic heterocycles. The number of amides is 1. The van der Waals surface area contributed by atoms with Crippen LogP contribution < -0.4 is 0 Å².